The molecule has 0 amide bonds. The summed E-state index contributed by atoms with van der Waals surface area (Å²) in [7, 11) is -0.726. The predicted octanol–water partition coefficient (Wildman–Crippen LogP) is 5.00. The zero-order valence-corrected chi connectivity index (χ0v) is 18.7. The van der Waals surface area contributed by atoms with Crippen molar-refractivity contribution in [1.29, 1.82) is 0 Å². The molecule has 0 spiro atoms. The van der Waals surface area contributed by atoms with Crippen molar-refractivity contribution < 1.29 is 14.4 Å². The number of benzene rings is 4. The summed E-state index contributed by atoms with van der Waals surface area (Å²) in [4.78, 5) is 0. The molecule has 29 heavy (non-hydrogen) atoms. The van der Waals surface area contributed by atoms with Gasteiger partial charge in [-0.2, -0.15) is 0 Å². The van der Waals surface area contributed by atoms with E-state index in [-0.39, 0.29) is 15.8 Å². The molecule has 0 bridgehead atoms. The van der Waals surface area contributed by atoms with Crippen LogP contribution in [0, 0.1) is 0 Å². The van der Waals surface area contributed by atoms with Crippen molar-refractivity contribution in [2.75, 3.05) is 0 Å². The van der Waals surface area contributed by atoms with Gasteiger partial charge in [0, 0.05) is 0 Å². The molecule has 1 fully saturated rings. The van der Waals surface area contributed by atoms with Gasteiger partial charge in [-0.3, -0.25) is 0 Å². The van der Waals surface area contributed by atoms with Crippen molar-refractivity contribution >= 4 is 37.1 Å². The summed E-state index contributed by atoms with van der Waals surface area (Å²) in [5.41, 5.74) is 0. The van der Waals surface area contributed by atoms with E-state index >= 15 is 0 Å². The van der Waals surface area contributed by atoms with Gasteiger partial charge in [-0.25, -0.2) is 0 Å². The molecule has 1 heterocycles. The molecule has 0 nitrogen and oxygen atoms in total. The molecule has 0 aromatic heterocycles. The Morgan fingerprint density at radius 1 is 0.379 bits per heavy atom. The van der Waals surface area contributed by atoms with Gasteiger partial charge in [-0.1, -0.05) is 0 Å². The predicted molar refractivity (Wildman–Crippen MR) is 126 cm³/mol. The van der Waals surface area contributed by atoms with E-state index in [1.54, 1.807) is 0 Å². The van der Waals surface area contributed by atoms with E-state index in [0.29, 0.717) is 9.26 Å². The first-order valence-electron chi connectivity index (χ1n) is 9.75. The number of rotatable bonds is 6. The van der Waals surface area contributed by atoms with E-state index in [4.69, 9.17) is 0 Å². The maximum atomic E-state index is 2.32. The van der Waals surface area contributed by atoms with E-state index in [0.717, 1.165) is 0 Å². The Kier molecular flexibility index (Phi) is 5.92. The van der Waals surface area contributed by atoms with E-state index < -0.39 is 0 Å². The second kappa shape index (κ2) is 8.94. The first kappa shape index (κ1) is 19.2. The third-order valence-corrected chi connectivity index (χ3v) is 13.8. The summed E-state index contributed by atoms with van der Waals surface area (Å²) < 4.78 is 1.38. The zero-order chi connectivity index (χ0) is 19.5. The van der Waals surface area contributed by atoms with Crippen LogP contribution in [0.5, 0.6) is 0 Å². The molecule has 4 aromatic carbocycles. The van der Waals surface area contributed by atoms with E-state index in [2.05, 4.69) is 121 Å². The van der Waals surface area contributed by atoms with Crippen LogP contribution in [0.4, 0.5) is 0 Å². The summed E-state index contributed by atoms with van der Waals surface area (Å²) >= 11 is 1.97. The van der Waals surface area contributed by atoms with Crippen LogP contribution >= 0.6 is 15.8 Å². The normalized spacial score (nSPS) is 18.4. The third kappa shape index (κ3) is 4.25. The fraction of sp³-hybridized carbons (Fsp3) is 0.0769. The van der Waals surface area contributed by atoms with Crippen LogP contribution in [0.1, 0.15) is 0 Å². The van der Waals surface area contributed by atoms with Gasteiger partial charge in [0.15, 0.2) is 0 Å². The SMILES string of the molecule is c1ccc(P(c2ccccc2)[CH]2[Ni][CH]2P(c2ccccc2)c2ccccc2)cc1. The minimum absolute atomic E-state index is 0.363. The molecule has 0 N–H and O–H groups in total. The van der Waals surface area contributed by atoms with Gasteiger partial charge >= 0.3 is 182 Å². The summed E-state index contributed by atoms with van der Waals surface area (Å²) in [6, 6.07) is 44.6. The van der Waals surface area contributed by atoms with Crippen LogP contribution in [0.25, 0.3) is 0 Å². The average molecular weight is 455 g/mol. The zero-order valence-electron chi connectivity index (χ0n) is 15.9. The van der Waals surface area contributed by atoms with Gasteiger partial charge in [0.25, 0.3) is 0 Å². The molecule has 1 aliphatic rings. The van der Waals surface area contributed by atoms with Crippen molar-refractivity contribution in [1.82, 2.24) is 0 Å². The van der Waals surface area contributed by atoms with Gasteiger partial charge in [0.2, 0.25) is 0 Å². The second-order valence-electron chi connectivity index (χ2n) is 6.86. The Morgan fingerprint density at radius 3 is 0.862 bits per heavy atom. The third-order valence-electron chi connectivity index (χ3n) is 4.96. The Morgan fingerprint density at radius 2 is 0.621 bits per heavy atom. The van der Waals surface area contributed by atoms with E-state index in [1.165, 1.54) is 21.2 Å². The first-order valence-corrected chi connectivity index (χ1v) is 13.7. The van der Waals surface area contributed by atoms with E-state index in [1.807, 2.05) is 14.4 Å². The van der Waals surface area contributed by atoms with Gasteiger partial charge in [-0.05, 0) is 0 Å². The van der Waals surface area contributed by atoms with Crippen molar-refractivity contribution in [2.24, 2.45) is 0 Å². The standard InChI is InChI=1S/C26H22P2.Ni/c1-5-13-23(14-6-1)27(24-15-7-2-8-16-24)21-22-28(25-17-9-3-10-18-25)26-19-11-4-12-20-26;/h1-22H;. The summed E-state index contributed by atoms with van der Waals surface area (Å²) in [6.45, 7) is 0. The summed E-state index contributed by atoms with van der Waals surface area (Å²) in [6.07, 6.45) is 0. The molecule has 0 aliphatic carbocycles. The molecule has 1 aliphatic heterocycles. The van der Waals surface area contributed by atoms with Crippen molar-refractivity contribution in [3.63, 3.8) is 0 Å². The van der Waals surface area contributed by atoms with Crippen LogP contribution in [0.15, 0.2) is 121 Å². The summed E-state index contributed by atoms with van der Waals surface area (Å²) in [5, 5.41) is 5.98. The van der Waals surface area contributed by atoms with Crippen LogP contribution < -0.4 is 21.2 Å². The van der Waals surface area contributed by atoms with Crippen LogP contribution in [-0.4, -0.2) is 9.26 Å². The van der Waals surface area contributed by atoms with Gasteiger partial charge in [-0.15, -0.1) is 0 Å². The fourth-order valence-corrected chi connectivity index (χ4v) is 13.6. The molecule has 4 aromatic rings. The molecule has 146 valence electrons. The molecule has 3 heteroatoms. The van der Waals surface area contributed by atoms with E-state index in [9.17, 15) is 0 Å². The number of hydrogen-bond donors (Lipinski definition) is 0. The quantitative estimate of drug-likeness (QED) is 0.284. The molecule has 5 rings (SSSR count). The molecular weight excluding hydrogens is 433 g/mol. The molecular formula is C26H22NiP2. The molecule has 0 saturated carbocycles. The average Bonchev–Trinajstić information content (AvgIpc) is 3.57. The minimum atomic E-state index is -0.363. The topological polar surface area (TPSA) is 0 Å². The van der Waals surface area contributed by atoms with Crippen LogP contribution in [-0.2, 0) is 14.4 Å². The fourth-order valence-electron chi connectivity index (χ4n) is 3.58. The number of hydrogen-bond acceptors (Lipinski definition) is 0. The van der Waals surface area contributed by atoms with Crippen molar-refractivity contribution in [3.05, 3.63) is 121 Å². The van der Waals surface area contributed by atoms with Gasteiger partial charge < -0.3 is 0 Å². The van der Waals surface area contributed by atoms with Crippen molar-refractivity contribution in [2.45, 2.75) is 9.26 Å². The Balaban J connectivity index is 1.53. The Labute approximate surface area is 181 Å². The summed E-state index contributed by atoms with van der Waals surface area (Å²) in [5.74, 6) is 0. The monoisotopic (exact) mass is 454 g/mol. The first-order chi connectivity index (χ1) is 14.4. The second-order valence-corrected chi connectivity index (χ2v) is 13.8. The Hall–Kier alpha value is -1.77. The van der Waals surface area contributed by atoms with Crippen LogP contribution in [0.2, 0.25) is 0 Å². The molecule has 1 saturated heterocycles. The van der Waals surface area contributed by atoms with Crippen LogP contribution in [0.3, 0.4) is 0 Å². The Bertz CT molecular complexity index is 873. The molecule has 0 radical (unpaired) electrons. The van der Waals surface area contributed by atoms with Gasteiger partial charge in [0.1, 0.15) is 0 Å². The maximum absolute atomic E-state index is 2.32. The van der Waals surface area contributed by atoms with Crippen molar-refractivity contribution in [3.8, 4) is 0 Å². The van der Waals surface area contributed by atoms with Gasteiger partial charge in [0.05, 0.1) is 0 Å². The molecule has 2 atom stereocenters. The molecule has 2 unspecified atom stereocenters.